The molecule has 2 amide bonds. The number of aromatic nitrogens is 1. The Morgan fingerprint density at radius 2 is 1.96 bits per heavy atom. The molecule has 2 aromatic heterocycles. The number of carbonyl (C=O) groups is 1. The van der Waals surface area contributed by atoms with E-state index in [1.807, 2.05) is 40.7 Å². The number of amides is 2. The Kier molecular flexibility index (Phi) is 3.82. The van der Waals surface area contributed by atoms with Gasteiger partial charge in [-0.1, -0.05) is 12.1 Å². The fraction of sp³-hybridized carbons (Fsp3) is 0.167. The van der Waals surface area contributed by atoms with Crippen molar-refractivity contribution in [3.63, 3.8) is 0 Å². The number of fused-ring (bicyclic) bond motifs is 1. The van der Waals surface area contributed by atoms with Crippen LogP contribution >= 0.6 is 11.3 Å². The number of carbonyl (C=O) groups excluding carboxylic acids is 1. The molecule has 3 heterocycles. The maximum absolute atomic E-state index is 13.3. The smallest absolute Gasteiger partial charge is 0.323 e. The van der Waals surface area contributed by atoms with Crippen molar-refractivity contribution in [2.45, 2.75) is 12.6 Å². The van der Waals surface area contributed by atoms with Crippen molar-refractivity contribution >= 4 is 22.4 Å². The Bertz CT molecular complexity index is 842. The van der Waals surface area contributed by atoms with E-state index in [1.54, 1.807) is 12.1 Å². The summed E-state index contributed by atoms with van der Waals surface area (Å²) in [5.41, 5.74) is 1.94. The molecule has 0 saturated carbocycles. The number of nitrogens with one attached hydrogen (secondary N) is 1. The van der Waals surface area contributed by atoms with E-state index in [1.165, 1.54) is 23.5 Å². The summed E-state index contributed by atoms with van der Waals surface area (Å²) in [6, 6.07) is 13.8. The van der Waals surface area contributed by atoms with E-state index in [4.69, 9.17) is 0 Å². The molecule has 3 aromatic rings. The van der Waals surface area contributed by atoms with Crippen LogP contribution < -0.4 is 5.32 Å². The molecule has 0 fully saturated rings. The summed E-state index contributed by atoms with van der Waals surface area (Å²) in [5, 5.41) is 5.69. The van der Waals surface area contributed by atoms with E-state index in [0.29, 0.717) is 6.54 Å². The van der Waals surface area contributed by atoms with E-state index in [9.17, 15) is 9.18 Å². The number of hydrogen-bond donors (Lipinski definition) is 1. The van der Waals surface area contributed by atoms with E-state index >= 15 is 0 Å². The van der Waals surface area contributed by atoms with Crippen molar-refractivity contribution < 1.29 is 9.18 Å². The Balaban J connectivity index is 1.69. The van der Waals surface area contributed by atoms with Crippen molar-refractivity contribution in [1.29, 1.82) is 0 Å². The molecule has 6 heteroatoms. The molecule has 0 radical (unpaired) electrons. The molecule has 0 unspecified atom stereocenters. The van der Waals surface area contributed by atoms with Crippen LogP contribution in [-0.2, 0) is 6.54 Å². The molecular weight excluding hydrogens is 325 g/mol. The molecule has 1 atom stereocenters. The quantitative estimate of drug-likeness (QED) is 0.740. The average molecular weight is 341 g/mol. The number of hydrogen-bond acceptors (Lipinski definition) is 2. The van der Waals surface area contributed by atoms with Crippen LogP contribution in [0.2, 0.25) is 0 Å². The van der Waals surface area contributed by atoms with Gasteiger partial charge < -0.3 is 9.47 Å². The highest BCUT2D eigenvalue weighted by molar-refractivity contribution is 7.14. The molecule has 4 rings (SSSR count). The van der Waals surface area contributed by atoms with E-state index in [-0.39, 0.29) is 17.9 Å². The molecule has 0 saturated heterocycles. The van der Waals surface area contributed by atoms with Gasteiger partial charge in [-0.25, -0.2) is 9.18 Å². The lowest BCUT2D eigenvalue weighted by molar-refractivity contribution is 0.182. The third-order valence-corrected chi connectivity index (χ3v) is 5.02. The van der Waals surface area contributed by atoms with Gasteiger partial charge in [0.05, 0.1) is 11.0 Å². The van der Waals surface area contributed by atoms with Gasteiger partial charge in [-0.2, -0.15) is 0 Å². The van der Waals surface area contributed by atoms with Gasteiger partial charge in [0.1, 0.15) is 5.82 Å². The first-order valence-corrected chi connectivity index (χ1v) is 8.62. The minimum absolute atomic E-state index is 0.140. The van der Waals surface area contributed by atoms with Crippen LogP contribution in [0.1, 0.15) is 17.3 Å². The highest BCUT2D eigenvalue weighted by Crippen LogP contribution is 2.33. The zero-order valence-electron chi connectivity index (χ0n) is 12.9. The number of nitrogens with zero attached hydrogens (tertiary/aromatic N) is 2. The Hall–Kier alpha value is -2.60. The number of urea groups is 1. The van der Waals surface area contributed by atoms with Crippen LogP contribution in [0.3, 0.4) is 0 Å². The minimum atomic E-state index is -0.278. The summed E-state index contributed by atoms with van der Waals surface area (Å²) in [6.07, 6.45) is 2.01. The first-order valence-electron chi connectivity index (χ1n) is 7.74. The summed E-state index contributed by atoms with van der Waals surface area (Å²) in [6.45, 7) is 1.35. The zero-order valence-corrected chi connectivity index (χ0v) is 13.7. The van der Waals surface area contributed by atoms with Crippen LogP contribution in [-0.4, -0.2) is 22.0 Å². The van der Waals surface area contributed by atoms with Crippen LogP contribution in [0, 0.1) is 5.82 Å². The Morgan fingerprint density at radius 3 is 2.71 bits per heavy atom. The topological polar surface area (TPSA) is 37.3 Å². The van der Waals surface area contributed by atoms with Crippen molar-refractivity contribution in [2.24, 2.45) is 0 Å². The standard InChI is InChI=1S/C18H16FN3OS/c19-14-7-5-13(6-8-14)17-15-3-1-9-21(15)10-11-22(17)18(23)20-16-4-2-12-24-16/h1-9,12,17H,10-11H2,(H,20,23)/t17-/m1/s1. The second-order valence-corrected chi connectivity index (χ2v) is 6.63. The first kappa shape index (κ1) is 15.0. The summed E-state index contributed by atoms with van der Waals surface area (Å²) in [4.78, 5) is 14.6. The van der Waals surface area contributed by atoms with E-state index < -0.39 is 0 Å². The maximum atomic E-state index is 13.3. The summed E-state index contributed by atoms with van der Waals surface area (Å²) < 4.78 is 15.4. The molecule has 0 bridgehead atoms. The highest BCUT2D eigenvalue weighted by atomic mass is 32.1. The fourth-order valence-corrected chi connectivity index (χ4v) is 3.73. The largest absolute Gasteiger partial charge is 0.348 e. The third kappa shape index (κ3) is 2.69. The lowest BCUT2D eigenvalue weighted by Gasteiger charge is -2.37. The Labute approximate surface area is 143 Å². The lowest BCUT2D eigenvalue weighted by atomic mass is 10.0. The lowest BCUT2D eigenvalue weighted by Crippen LogP contribution is -2.44. The highest BCUT2D eigenvalue weighted by Gasteiger charge is 2.32. The number of halogens is 1. The third-order valence-electron chi connectivity index (χ3n) is 4.24. The molecule has 24 heavy (non-hydrogen) atoms. The maximum Gasteiger partial charge on any atom is 0.323 e. The fourth-order valence-electron chi connectivity index (χ4n) is 3.12. The van der Waals surface area contributed by atoms with Gasteiger partial charge in [0.25, 0.3) is 0 Å². The van der Waals surface area contributed by atoms with Gasteiger partial charge in [0, 0.05) is 25.0 Å². The zero-order chi connectivity index (χ0) is 16.5. The van der Waals surface area contributed by atoms with Crippen molar-refractivity contribution in [3.8, 4) is 0 Å². The van der Waals surface area contributed by atoms with Gasteiger partial charge in [-0.3, -0.25) is 5.32 Å². The van der Waals surface area contributed by atoms with Crippen molar-refractivity contribution in [3.05, 3.63) is 77.2 Å². The molecule has 122 valence electrons. The molecule has 1 aliphatic heterocycles. The molecule has 1 aromatic carbocycles. The van der Waals surface area contributed by atoms with Gasteiger partial charge in [-0.15, -0.1) is 11.3 Å². The molecule has 1 aliphatic rings. The first-order chi connectivity index (χ1) is 11.7. The predicted octanol–water partition coefficient (Wildman–Crippen LogP) is 4.33. The summed E-state index contributed by atoms with van der Waals surface area (Å²) in [7, 11) is 0. The van der Waals surface area contributed by atoms with Gasteiger partial charge >= 0.3 is 6.03 Å². The SMILES string of the molecule is O=C(Nc1cccs1)N1CCn2cccc2[C@H]1c1ccc(F)cc1. The van der Waals surface area contributed by atoms with Gasteiger partial charge in [-0.05, 0) is 47.3 Å². The minimum Gasteiger partial charge on any atom is -0.348 e. The van der Waals surface area contributed by atoms with E-state index in [0.717, 1.165) is 22.8 Å². The predicted molar refractivity (Wildman–Crippen MR) is 92.7 cm³/mol. The van der Waals surface area contributed by atoms with Crippen LogP contribution in [0.4, 0.5) is 14.2 Å². The van der Waals surface area contributed by atoms with Gasteiger partial charge in [0.2, 0.25) is 0 Å². The number of thiophene rings is 1. The average Bonchev–Trinajstić information content (AvgIpc) is 3.25. The molecule has 1 N–H and O–H groups in total. The molecule has 4 nitrogen and oxygen atoms in total. The Morgan fingerprint density at radius 1 is 1.12 bits per heavy atom. The van der Waals surface area contributed by atoms with Gasteiger partial charge in [0.15, 0.2) is 0 Å². The van der Waals surface area contributed by atoms with Crippen LogP contribution in [0.25, 0.3) is 0 Å². The van der Waals surface area contributed by atoms with Crippen molar-refractivity contribution in [1.82, 2.24) is 9.47 Å². The normalized spacial score (nSPS) is 16.7. The molecule has 0 aliphatic carbocycles. The number of rotatable bonds is 2. The second kappa shape index (κ2) is 6.13. The second-order valence-electron chi connectivity index (χ2n) is 5.68. The summed E-state index contributed by atoms with van der Waals surface area (Å²) >= 11 is 1.49. The van der Waals surface area contributed by atoms with Crippen LogP contribution in [0.15, 0.2) is 60.1 Å². The number of anilines is 1. The summed E-state index contributed by atoms with van der Waals surface area (Å²) in [5.74, 6) is -0.278. The van der Waals surface area contributed by atoms with Crippen molar-refractivity contribution in [2.75, 3.05) is 11.9 Å². The van der Waals surface area contributed by atoms with Crippen LogP contribution in [0.5, 0.6) is 0 Å². The molecule has 0 spiro atoms. The number of benzene rings is 1. The molecular formula is C18H16FN3OS. The van der Waals surface area contributed by atoms with E-state index in [2.05, 4.69) is 9.88 Å². The monoisotopic (exact) mass is 341 g/mol.